The first kappa shape index (κ1) is 15.3. The van der Waals surface area contributed by atoms with E-state index in [0.29, 0.717) is 16.5 Å². The first-order valence-electron chi connectivity index (χ1n) is 7.64. The summed E-state index contributed by atoms with van der Waals surface area (Å²) in [4.78, 5) is 17.5. The number of furan rings is 1. The fraction of sp³-hybridized carbons (Fsp3) is 0. The zero-order chi connectivity index (χ0) is 17.1. The molecule has 1 amide bonds. The van der Waals surface area contributed by atoms with E-state index in [4.69, 9.17) is 4.42 Å². The molecule has 25 heavy (non-hydrogen) atoms. The van der Waals surface area contributed by atoms with Crippen molar-refractivity contribution >= 4 is 38.8 Å². The van der Waals surface area contributed by atoms with Crippen molar-refractivity contribution in [2.75, 3.05) is 5.01 Å². The topological polar surface area (TPSA) is 58.7 Å². The molecule has 0 spiro atoms. The number of anilines is 1. The van der Waals surface area contributed by atoms with Crippen LogP contribution >= 0.6 is 11.3 Å². The standard InChI is InChI=1S/C19H13N3O2S/c23-18(14-7-2-1-3-8-14)22(20-13-15-9-6-12-24-15)19-21-16-10-4-5-11-17(16)25-19/h1-13H/b20-13-. The molecule has 0 aliphatic heterocycles. The van der Waals surface area contributed by atoms with Gasteiger partial charge in [0.05, 0.1) is 22.7 Å². The van der Waals surface area contributed by atoms with Crippen molar-refractivity contribution in [2.24, 2.45) is 5.10 Å². The van der Waals surface area contributed by atoms with Gasteiger partial charge in [-0.25, -0.2) is 4.98 Å². The molecule has 4 rings (SSSR count). The van der Waals surface area contributed by atoms with E-state index in [-0.39, 0.29) is 5.91 Å². The lowest BCUT2D eigenvalue weighted by molar-refractivity contribution is 0.0988. The molecule has 0 saturated heterocycles. The van der Waals surface area contributed by atoms with Crippen molar-refractivity contribution in [3.05, 3.63) is 84.3 Å². The molecule has 0 aliphatic rings. The van der Waals surface area contributed by atoms with Gasteiger partial charge in [-0.05, 0) is 36.4 Å². The van der Waals surface area contributed by atoms with Crippen LogP contribution in [0.3, 0.4) is 0 Å². The molecular weight excluding hydrogens is 334 g/mol. The number of thiazole rings is 1. The minimum atomic E-state index is -0.248. The van der Waals surface area contributed by atoms with Crippen molar-refractivity contribution in [2.45, 2.75) is 0 Å². The van der Waals surface area contributed by atoms with E-state index in [1.165, 1.54) is 22.6 Å². The molecule has 2 aromatic heterocycles. The molecule has 5 nitrogen and oxygen atoms in total. The number of carbonyl (C=O) groups excluding carboxylic acids is 1. The molecule has 4 aromatic rings. The fourth-order valence-electron chi connectivity index (χ4n) is 2.32. The van der Waals surface area contributed by atoms with Crippen LogP contribution in [0.2, 0.25) is 0 Å². The Hall–Kier alpha value is -3.25. The molecule has 2 aromatic carbocycles. The summed E-state index contributed by atoms with van der Waals surface area (Å²) in [7, 11) is 0. The van der Waals surface area contributed by atoms with Crippen molar-refractivity contribution in [1.82, 2.24) is 4.98 Å². The van der Waals surface area contributed by atoms with E-state index >= 15 is 0 Å². The summed E-state index contributed by atoms with van der Waals surface area (Å²) in [5.41, 5.74) is 1.37. The van der Waals surface area contributed by atoms with Crippen LogP contribution in [-0.4, -0.2) is 17.1 Å². The summed E-state index contributed by atoms with van der Waals surface area (Å²) in [6, 6.07) is 20.3. The second-order valence-electron chi connectivity index (χ2n) is 5.21. The lowest BCUT2D eigenvalue weighted by Gasteiger charge is -2.13. The molecule has 0 aliphatic carbocycles. The van der Waals surface area contributed by atoms with E-state index in [1.807, 2.05) is 42.5 Å². The van der Waals surface area contributed by atoms with Crippen molar-refractivity contribution in [3.8, 4) is 0 Å². The second-order valence-corrected chi connectivity index (χ2v) is 6.22. The SMILES string of the molecule is O=C(c1ccccc1)N(/N=C\c1ccco1)c1nc2ccccc2s1. The first-order valence-corrected chi connectivity index (χ1v) is 8.45. The van der Waals surface area contributed by atoms with E-state index in [1.54, 1.807) is 30.5 Å². The van der Waals surface area contributed by atoms with Crippen molar-refractivity contribution < 1.29 is 9.21 Å². The van der Waals surface area contributed by atoms with Crippen LogP contribution in [0.4, 0.5) is 5.13 Å². The third kappa shape index (κ3) is 3.20. The molecule has 0 radical (unpaired) electrons. The Morgan fingerprint density at radius 2 is 1.84 bits per heavy atom. The maximum absolute atomic E-state index is 12.9. The predicted octanol–water partition coefficient (Wildman–Crippen LogP) is 4.57. The minimum absolute atomic E-state index is 0.248. The average Bonchev–Trinajstić information content (AvgIpc) is 3.32. The van der Waals surface area contributed by atoms with Crippen LogP contribution in [0, 0.1) is 0 Å². The monoisotopic (exact) mass is 347 g/mol. The summed E-state index contributed by atoms with van der Waals surface area (Å²) in [6.45, 7) is 0. The molecule has 0 bridgehead atoms. The van der Waals surface area contributed by atoms with Crippen molar-refractivity contribution in [1.29, 1.82) is 0 Å². The highest BCUT2D eigenvalue weighted by Crippen LogP contribution is 2.29. The number of hydrogen-bond donors (Lipinski definition) is 0. The molecule has 122 valence electrons. The summed E-state index contributed by atoms with van der Waals surface area (Å²) in [5.74, 6) is 0.314. The number of nitrogens with zero attached hydrogens (tertiary/aromatic N) is 3. The Bertz CT molecular complexity index is 990. The number of hydrazone groups is 1. The zero-order valence-corrected chi connectivity index (χ0v) is 13.9. The van der Waals surface area contributed by atoms with Crippen LogP contribution in [0.15, 0.2) is 82.5 Å². The van der Waals surface area contributed by atoms with Gasteiger partial charge in [0.1, 0.15) is 5.76 Å². The number of rotatable bonds is 4. The Morgan fingerprint density at radius 1 is 1.04 bits per heavy atom. The van der Waals surface area contributed by atoms with E-state index in [0.717, 1.165) is 10.2 Å². The highest BCUT2D eigenvalue weighted by Gasteiger charge is 2.20. The number of aromatic nitrogens is 1. The summed E-state index contributed by atoms with van der Waals surface area (Å²) < 4.78 is 6.26. The maximum Gasteiger partial charge on any atom is 0.280 e. The first-order chi connectivity index (χ1) is 12.3. The smallest absolute Gasteiger partial charge is 0.280 e. The number of fused-ring (bicyclic) bond motifs is 1. The molecular formula is C19H13N3O2S. The molecule has 0 fully saturated rings. The number of amides is 1. The molecule has 0 saturated carbocycles. The molecule has 0 unspecified atom stereocenters. The fourth-order valence-corrected chi connectivity index (χ4v) is 3.24. The second kappa shape index (κ2) is 6.70. The van der Waals surface area contributed by atoms with Gasteiger partial charge < -0.3 is 4.42 Å². The summed E-state index contributed by atoms with van der Waals surface area (Å²) >= 11 is 1.42. The Kier molecular flexibility index (Phi) is 4.10. The third-order valence-corrected chi connectivity index (χ3v) is 4.53. The zero-order valence-electron chi connectivity index (χ0n) is 13.1. The van der Waals surface area contributed by atoms with Gasteiger partial charge in [0, 0.05) is 5.56 Å². The maximum atomic E-state index is 12.9. The van der Waals surface area contributed by atoms with Crippen LogP contribution in [-0.2, 0) is 0 Å². The minimum Gasteiger partial charge on any atom is -0.463 e. The third-order valence-electron chi connectivity index (χ3n) is 3.52. The van der Waals surface area contributed by atoms with Gasteiger partial charge in [0.15, 0.2) is 0 Å². The van der Waals surface area contributed by atoms with Gasteiger partial charge in [-0.15, -0.1) is 0 Å². The molecule has 0 atom stereocenters. The van der Waals surface area contributed by atoms with Crippen LogP contribution in [0.25, 0.3) is 10.2 Å². The number of para-hydroxylation sites is 1. The van der Waals surface area contributed by atoms with Gasteiger partial charge in [0.2, 0.25) is 5.13 Å². The molecule has 2 heterocycles. The van der Waals surface area contributed by atoms with Crippen LogP contribution in [0.1, 0.15) is 16.1 Å². The Balaban J connectivity index is 1.76. The van der Waals surface area contributed by atoms with Gasteiger partial charge in [-0.2, -0.15) is 10.1 Å². The number of benzene rings is 2. The van der Waals surface area contributed by atoms with Gasteiger partial charge >= 0.3 is 0 Å². The molecule has 6 heteroatoms. The van der Waals surface area contributed by atoms with E-state index in [9.17, 15) is 4.79 Å². The van der Waals surface area contributed by atoms with Gasteiger partial charge in [0.25, 0.3) is 5.91 Å². The summed E-state index contributed by atoms with van der Waals surface area (Å²) in [5, 5.41) is 6.14. The van der Waals surface area contributed by atoms with E-state index < -0.39 is 0 Å². The predicted molar refractivity (Wildman–Crippen MR) is 99.2 cm³/mol. The van der Waals surface area contributed by atoms with E-state index in [2.05, 4.69) is 10.1 Å². The quantitative estimate of drug-likeness (QED) is 0.401. The normalized spacial score (nSPS) is 11.2. The highest BCUT2D eigenvalue weighted by molar-refractivity contribution is 7.22. The lowest BCUT2D eigenvalue weighted by Crippen LogP contribution is -2.25. The van der Waals surface area contributed by atoms with Crippen molar-refractivity contribution in [3.63, 3.8) is 0 Å². The van der Waals surface area contributed by atoms with Gasteiger partial charge in [-0.3, -0.25) is 4.79 Å². The lowest BCUT2D eigenvalue weighted by atomic mass is 10.2. The Labute approximate surface area is 147 Å². The molecule has 0 N–H and O–H groups in total. The summed E-state index contributed by atoms with van der Waals surface area (Å²) in [6.07, 6.45) is 3.06. The number of carbonyl (C=O) groups is 1. The van der Waals surface area contributed by atoms with Crippen LogP contribution in [0.5, 0.6) is 0 Å². The number of hydrogen-bond acceptors (Lipinski definition) is 5. The Morgan fingerprint density at radius 3 is 2.60 bits per heavy atom. The average molecular weight is 347 g/mol. The van der Waals surface area contributed by atoms with Gasteiger partial charge in [-0.1, -0.05) is 41.7 Å². The largest absolute Gasteiger partial charge is 0.463 e. The highest BCUT2D eigenvalue weighted by atomic mass is 32.1. The van der Waals surface area contributed by atoms with Crippen LogP contribution < -0.4 is 5.01 Å².